The first kappa shape index (κ1) is 11.9. The minimum absolute atomic E-state index is 0.116. The lowest BCUT2D eigenvalue weighted by Crippen LogP contribution is -2.26. The molecule has 3 heteroatoms. The standard InChI is InChI=1S/C14H18N2O/c1-14(2,10-17)9-16-13-5-3-4-11-8-15-7-6-12(11)13/h3-8,16-17H,9-10H2,1-2H3. The van der Waals surface area contributed by atoms with Crippen LogP contribution >= 0.6 is 0 Å². The Balaban J connectivity index is 2.24. The molecule has 2 rings (SSSR count). The van der Waals surface area contributed by atoms with E-state index in [0.717, 1.165) is 23.0 Å². The van der Waals surface area contributed by atoms with E-state index in [2.05, 4.69) is 16.4 Å². The highest BCUT2D eigenvalue weighted by Gasteiger charge is 2.16. The smallest absolute Gasteiger partial charge is 0.0498 e. The first-order valence-electron chi connectivity index (χ1n) is 5.80. The quantitative estimate of drug-likeness (QED) is 0.848. The molecule has 0 atom stereocenters. The van der Waals surface area contributed by atoms with Gasteiger partial charge in [-0.15, -0.1) is 0 Å². The third-order valence-corrected chi connectivity index (χ3v) is 2.87. The summed E-state index contributed by atoms with van der Waals surface area (Å²) < 4.78 is 0. The zero-order valence-electron chi connectivity index (χ0n) is 10.3. The number of pyridine rings is 1. The van der Waals surface area contributed by atoms with Crippen molar-refractivity contribution in [3.63, 3.8) is 0 Å². The van der Waals surface area contributed by atoms with Crippen molar-refractivity contribution in [3.05, 3.63) is 36.7 Å². The Morgan fingerprint density at radius 3 is 2.88 bits per heavy atom. The second-order valence-electron chi connectivity index (χ2n) is 5.08. The summed E-state index contributed by atoms with van der Waals surface area (Å²) in [5.74, 6) is 0. The van der Waals surface area contributed by atoms with Gasteiger partial charge in [0.05, 0.1) is 0 Å². The molecule has 0 fully saturated rings. The van der Waals surface area contributed by atoms with E-state index < -0.39 is 0 Å². The second kappa shape index (κ2) is 4.72. The SMILES string of the molecule is CC(C)(CO)CNc1cccc2cnccc12. The van der Waals surface area contributed by atoms with Crippen LogP contribution in [0.4, 0.5) is 5.69 Å². The number of nitrogens with one attached hydrogen (secondary N) is 1. The predicted octanol–water partition coefficient (Wildman–Crippen LogP) is 2.67. The van der Waals surface area contributed by atoms with Crippen LogP contribution in [0.15, 0.2) is 36.7 Å². The highest BCUT2D eigenvalue weighted by molar-refractivity contribution is 5.93. The van der Waals surface area contributed by atoms with Crippen molar-refractivity contribution < 1.29 is 5.11 Å². The molecule has 0 aliphatic rings. The van der Waals surface area contributed by atoms with Gasteiger partial charge in [-0.3, -0.25) is 4.98 Å². The van der Waals surface area contributed by atoms with Crippen LogP contribution in [0.1, 0.15) is 13.8 Å². The van der Waals surface area contributed by atoms with Crippen LogP contribution in [0.5, 0.6) is 0 Å². The van der Waals surface area contributed by atoms with E-state index in [9.17, 15) is 5.11 Å². The monoisotopic (exact) mass is 230 g/mol. The van der Waals surface area contributed by atoms with Crippen LogP contribution in [-0.2, 0) is 0 Å². The maximum absolute atomic E-state index is 9.24. The van der Waals surface area contributed by atoms with Crippen LogP contribution in [0.2, 0.25) is 0 Å². The van der Waals surface area contributed by atoms with Gasteiger partial charge < -0.3 is 10.4 Å². The molecule has 1 heterocycles. The number of rotatable bonds is 4. The van der Waals surface area contributed by atoms with Gasteiger partial charge in [0.15, 0.2) is 0 Å². The molecule has 2 N–H and O–H groups in total. The van der Waals surface area contributed by atoms with Crippen molar-refractivity contribution in [1.82, 2.24) is 4.98 Å². The van der Waals surface area contributed by atoms with E-state index in [1.807, 2.05) is 38.2 Å². The van der Waals surface area contributed by atoms with E-state index in [1.165, 1.54) is 0 Å². The Kier molecular flexibility index (Phi) is 3.29. The molecule has 0 amide bonds. The minimum Gasteiger partial charge on any atom is -0.396 e. The highest BCUT2D eigenvalue weighted by atomic mass is 16.3. The molecule has 1 aromatic carbocycles. The Bertz CT molecular complexity index is 503. The average molecular weight is 230 g/mol. The van der Waals surface area contributed by atoms with Crippen molar-refractivity contribution in [2.45, 2.75) is 13.8 Å². The van der Waals surface area contributed by atoms with Crippen molar-refractivity contribution in [2.75, 3.05) is 18.5 Å². The van der Waals surface area contributed by atoms with Crippen molar-refractivity contribution in [1.29, 1.82) is 0 Å². The van der Waals surface area contributed by atoms with Gasteiger partial charge in [0, 0.05) is 47.4 Å². The van der Waals surface area contributed by atoms with Gasteiger partial charge in [-0.1, -0.05) is 26.0 Å². The lowest BCUT2D eigenvalue weighted by molar-refractivity contribution is 0.171. The van der Waals surface area contributed by atoms with Gasteiger partial charge >= 0.3 is 0 Å². The number of aromatic nitrogens is 1. The van der Waals surface area contributed by atoms with Crippen molar-refractivity contribution >= 4 is 16.5 Å². The number of hydrogen-bond donors (Lipinski definition) is 2. The first-order valence-corrected chi connectivity index (χ1v) is 5.80. The molecule has 0 saturated heterocycles. The average Bonchev–Trinajstić information content (AvgIpc) is 2.36. The number of hydrogen-bond acceptors (Lipinski definition) is 3. The highest BCUT2D eigenvalue weighted by Crippen LogP contribution is 2.23. The molecule has 2 aromatic rings. The number of nitrogens with zero attached hydrogens (tertiary/aromatic N) is 1. The van der Waals surface area contributed by atoms with Crippen LogP contribution < -0.4 is 5.32 Å². The van der Waals surface area contributed by atoms with Crippen LogP contribution in [0.3, 0.4) is 0 Å². The summed E-state index contributed by atoms with van der Waals surface area (Å²) in [6.45, 7) is 4.98. The normalized spacial score (nSPS) is 11.7. The number of benzene rings is 1. The number of fused-ring (bicyclic) bond motifs is 1. The zero-order valence-corrected chi connectivity index (χ0v) is 10.3. The number of aliphatic hydroxyl groups is 1. The number of aliphatic hydroxyl groups excluding tert-OH is 1. The third kappa shape index (κ3) is 2.74. The molecule has 0 bridgehead atoms. The topological polar surface area (TPSA) is 45.1 Å². The summed E-state index contributed by atoms with van der Waals surface area (Å²) in [5, 5.41) is 14.9. The van der Waals surface area contributed by atoms with Crippen LogP contribution in [-0.4, -0.2) is 23.2 Å². The molecule has 3 nitrogen and oxygen atoms in total. The Hall–Kier alpha value is -1.61. The van der Waals surface area contributed by atoms with Crippen molar-refractivity contribution in [2.24, 2.45) is 5.41 Å². The summed E-state index contributed by atoms with van der Waals surface area (Å²) in [6.07, 6.45) is 3.66. The largest absolute Gasteiger partial charge is 0.396 e. The maximum atomic E-state index is 9.24. The first-order chi connectivity index (χ1) is 8.12. The molecule has 0 radical (unpaired) electrons. The molecule has 0 saturated carbocycles. The van der Waals surface area contributed by atoms with Gasteiger partial charge in [-0.2, -0.15) is 0 Å². The lowest BCUT2D eigenvalue weighted by Gasteiger charge is -2.23. The van der Waals surface area contributed by atoms with Crippen molar-refractivity contribution in [3.8, 4) is 0 Å². The Morgan fingerprint density at radius 2 is 2.12 bits per heavy atom. The number of anilines is 1. The summed E-state index contributed by atoms with van der Waals surface area (Å²) in [4.78, 5) is 4.11. The zero-order chi connectivity index (χ0) is 12.3. The minimum atomic E-state index is -0.116. The van der Waals surface area contributed by atoms with E-state index in [-0.39, 0.29) is 12.0 Å². The fourth-order valence-corrected chi connectivity index (χ4v) is 1.67. The fraction of sp³-hybridized carbons (Fsp3) is 0.357. The molecule has 0 spiro atoms. The fourth-order valence-electron chi connectivity index (χ4n) is 1.67. The van der Waals surface area contributed by atoms with Crippen LogP contribution in [0, 0.1) is 5.41 Å². The molecular formula is C14H18N2O. The van der Waals surface area contributed by atoms with E-state index >= 15 is 0 Å². The molecule has 1 aromatic heterocycles. The predicted molar refractivity (Wildman–Crippen MR) is 71.1 cm³/mol. The molecular weight excluding hydrogens is 212 g/mol. The summed E-state index contributed by atoms with van der Waals surface area (Å²) in [6, 6.07) is 8.11. The Labute approximate surface area is 102 Å². The maximum Gasteiger partial charge on any atom is 0.0498 e. The van der Waals surface area contributed by atoms with Gasteiger partial charge in [0.1, 0.15) is 0 Å². The van der Waals surface area contributed by atoms with Gasteiger partial charge in [0.25, 0.3) is 0 Å². The third-order valence-electron chi connectivity index (χ3n) is 2.87. The summed E-state index contributed by atoms with van der Waals surface area (Å²) in [7, 11) is 0. The van der Waals surface area contributed by atoms with Gasteiger partial charge in [-0.25, -0.2) is 0 Å². The van der Waals surface area contributed by atoms with E-state index in [1.54, 1.807) is 6.20 Å². The van der Waals surface area contributed by atoms with E-state index in [4.69, 9.17) is 0 Å². The molecule has 0 unspecified atom stereocenters. The molecule has 17 heavy (non-hydrogen) atoms. The van der Waals surface area contributed by atoms with Gasteiger partial charge in [0.2, 0.25) is 0 Å². The summed E-state index contributed by atoms with van der Waals surface area (Å²) in [5.41, 5.74) is 0.973. The van der Waals surface area contributed by atoms with E-state index in [0.29, 0.717) is 0 Å². The lowest BCUT2D eigenvalue weighted by atomic mass is 9.95. The second-order valence-corrected chi connectivity index (χ2v) is 5.08. The molecule has 0 aliphatic heterocycles. The molecule has 90 valence electrons. The molecule has 0 aliphatic carbocycles. The Morgan fingerprint density at radius 1 is 1.29 bits per heavy atom. The van der Waals surface area contributed by atoms with Crippen LogP contribution in [0.25, 0.3) is 10.8 Å². The summed E-state index contributed by atoms with van der Waals surface area (Å²) >= 11 is 0. The van der Waals surface area contributed by atoms with Gasteiger partial charge in [-0.05, 0) is 12.1 Å².